The summed E-state index contributed by atoms with van der Waals surface area (Å²) in [6, 6.07) is 10.2. The van der Waals surface area contributed by atoms with Crippen LogP contribution in [0.25, 0.3) is 0 Å². The van der Waals surface area contributed by atoms with Crippen LogP contribution in [-0.4, -0.2) is 25.4 Å². The SMILES string of the molecule is CCNC(C#N)CCSc1ccccc1OC. The Morgan fingerprint density at radius 1 is 1.47 bits per heavy atom. The molecule has 0 aliphatic heterocycles. The highest BCUT2D eigenvalue weighted by Gasteiger charge is 2.07. The van der Waals surface area contributed by atoms with E-state index >= 15 is 0 Å². The number of hydrogen-bond acceptors (Lipinski definition) is 4. The monoisotopic (exact) mass is 250 g/mol. The average Bonchev–Trinajstić information content (AvgIpc) is 2.38. The summed E-state index contributed by atoms with van der Waals surface area (Å²) in [7, 11) is 1.68. The van der Waals surface area contributed by atoms with Gasteiger partial charge in [0.2, 0.25) is 0 Å². The maximum absolute atomic E-state index is 8.91. The molecule has 0 saturated carbocycles. The van der Waals surface area contributed by atoms with Crippen LogP contribution >= 0.6 is 11.8 Å². The molecule has 0 aromatic heterocycles. The first-order valence-electron chi connectivity index (χ1n) is 5.70. The first kappa shape index (κ1) is 13.9. The highest BCUT2D eigenvalue weighted by atomic mass is 32.2. The van der Waals surface area contributed by atoms with Crippen molar-refractivity contribution in [1.82, 2.24) is 5.32 Å². The van der Waals surface area contributed by atoms with Crippen LogP contribution in [0, 0.1) is 11.3 Å². The normalized spacial score (nSPS) is 11.8. The first-order valence-corrected chi connectivity index (χ1v) is 6.69. The second-order valence-corrected chi connectivity index (χ2v) is 4.66. The van der Waals surface area contributed by atoms with Crippen LogP contribution < -0.4 is 10.1 Å². The lowest BCUT2D eigenvalue weighted by molar-refractivity contribution is 0.405. The third-order valence-electron chi connectivity index (χ3n) is 2.34. The van der Waals surface area contributed by atoms with Crippen LogP contribution in [0.5, 0.6) is 5.75 Å². The van der Waals surface area contributed by atoms with Gasteiger partial charge in [0.1, 0.15) is 5.75 Å². The van der Waals surface area contributed by atoms with E-state index in [1.807, 2.05) is 31.2 Å². The van der Waals surface area contributed by atoms with Gasteiger partial charge in [0.15, 0.2) is 0 Å². The largest absolute Gasteiger partial charge is 0.496 e. The van der Waals surface area contributed by atoms with E-state index in [9.17, 15) is 0 Å². The number of ether oxygens (including phenoxy) is 1. The maximum atomic E-state index is 8.91. The molecule has 0 heterocycles. The fraction of sp³-hybridized carbons (Fsp3) is 0.462. The zero-order valence-corrected chi connectivity index (χ0v) is 11.1. The zero-order valence-electron chi connectivity index (χ0n) is 10.3. The molecule has 17 heavy (non-hydrogen) atoms. The highest BCUT2D eigenvalue weighted by molar-refractivity contribution is 7.99. The van der Waals surface area contributed by atoms with Crippen molar-refractivity contribution in [2.75, 3.05) is 19.4 Å². The van der Waals surface area contributed by atoms with Crippen molar-refractivity contribution >= 4 is 11.8 Å². The number of benzene rings is 1. The summed E-state index contributed by atoms with van der Waals surface area (Å²) >= 11 is 1.73. The summed E-state index contributed by atoms with van der Waals surface area (Å²) in [5.41, 5.74) is 0. The Kier molecular flexibility index (Phi) is 6.53. The van der Waals surface area contributed by atoms with E-state index < -0.39 is 0 Å². The molecule has 0 radical (unpaired) electrons. The summed E-state index contributed by atoms with van der Waals surface area (Å²) in [5, 5.41) is 12.1. The molecule has 0 aliphatic carbocycles. The Labute approximate surface area is 107 Å². The molecule has 1 rings (SSSR count). The van der Waals surface area contributed by atoms with Gasteiger partial charge in [-0.1, -0.05) is 19.1 Å². The molecule has 0 bridgehead atoms. The Hall–Kier alpha value is -1.18. The molecule has 0 aliphatic rings. The summed E-state index contributed by atoms with van der Waals surface area (Å²) in [5.74, 6) is 1.81. The van der Waals surface area contributed by atoms with Gasteiger partial charge in [-0.3, -0.25) is 0 Å². The van der Waals surface area contributed by atoms with Crippen molar-refractivity contribution in [2.24, 2.45) is 0 Å². The number of nitriles is 1. The fourth-order valence-corrected chi connectivity index (χ4v) is 2.53. The molecule has 1 atom stereocenters. The van der Waals surface area contributed by atoms with E-state index in [0.717, 1.165) is 29.4 Å². The van der Waals surface area contributed by atoms with Crippen LogP contribution in [0.4, 0.5) is 0 Å². The molecule has 0 fully saturated rings. The van der Waals surface area contributed by atoms with Crippen molar-refractivity contribution in [3.63, 3.8) is 0 Å². The van der Waals surface area contributed by atoms with E-state index in [4.69, 9.17) is 10.00 Å². The topological polar surface area (TPSA) is 45.0 Å². The lowest BCUT2D eigenvalue weighted by Crippen LogP contribution is -2.27. The number of methoxy groups -OCH3 is 1. The molecule has 4 heteroatoms. The molecule has 0 saturated heterocycles. The third-order valence-corrected chi connectivity index (χ3v) is 3.43. The minimum Gasteiger partial charge on any atom is -0.496 e. The van der Waals surface area contributed by atoms with Crippen LogP contribution in [0.15, 0.2) is 29.2 Å². The smallest absolute Gasteiger partial charge is 0.132 e. The van der Waals surface area contributed by atoms with E-state index in [1.165, 1.54) is 0 Å². The Morgan fingerprint density at radius 2 is 2.24 bits per heavy atom. The van der Waals surface area contributed by atoms with Crippen molar-refractivity contribution in [1.29, 1.82) is 5.26 Å². The van der Waals surface area contributed by atoms with Crippen molar-refractivity contribution < 1.29 is 4.74 Å². The van der Waals surface area contributed by atoms with Gasteiger partial charge in [-0.25, -0.2) is 0 Å². The van der Waals surface area contributed by atoms with Gasteiger partial charge in [-0.15, -0.1) is 11.8 Å². The highest BCUT2D eigenvalue weighted by Crippen LogP contribution is 2.29. The standard InChI is InChI=1S/C13H18N2OS/c1-3-15-11(10-14)8-9-17-13-7-5-4-6-12(13)16-2/h4-7,11,15H,3,8-9H2,1-2H3. The Bertz CT molecular complexity index is 376. The number of nitrogens with one attached hydrogen (secondary N) is 1. The first-order chi connectivity index (χ1) is 8.31. The quantitative estimate of drug-likeness (QED) is 0.756. The van der Waals surface area contributed by atoms with Crippen molar-refractivity contribution in [3.8, 4) is 11.8 Å². The zero-order chi connectivity index (χ0) is 12.5. The molecule has 0 spiro atoms. The molecule has 0 amide bonds. The van der Waals surface area contributed by atoms with Gasteiger partial charge in [0.25, 0.3) is 0 Å². The minimum atomic E-state index is -0.0535. The Morgan fingerprint density at radius 3 is 2.88 bits per heavy atom. The molecule has 3 nitrogen and oxygen atoms in total. The van der Waals surface area contributed by atoms with Gasteiger partial charge < -0.3 is 10.1 Å². The fourth-order valence-electron chi connectivity index (χ4n) is 1.48. The van der Waals surface area contributed by atoms with Crippen molar-refractivity contribution in [2.45, 2.75) is 24.3 Å². The molecule has 1 aromatic rings. The van der Waals surface area contributed by atoms with Gasteiger partial charge in [0, 0.05) is 10.6 Å². The number of rotatable bonds is 7. The van der Waals surface area contributed by atoms with E-state index in [-0.39, 0.29) is 6.04 Å². The molecule has 92 valence electrons. The Balaban J connectivity index is 2.42. The van der Waals surface area contributed by atoms with Gasteiger partial charge >= 0.3 is 0 Å². The third kappa shape index (κ3) is 4.68. The van der Waals surface area contributed by atoms with Gasteiger partial charge in [0.05, 0.1) is 19.2 Å². The summed E-state index contributed by atoms with van der Waals surface area (Å²) in [4.78, 5) is 1.13. The number of hydrogen-bond donors (Lipinski definition) is 1. The molecule has 1 unspecified atom stereocenters. The predicted octanol–water partition coefficient (Wildman–Crippen LogP) is 2.68. The van der Waals surface area contributed by atoms with Gasteiger partial charge in [-0.05, 0) is 25.1 Å². The maximum Gasteiger partial charge on any atom is 0.132 e. The molecular formula is C13H18N2OS. The second kappa shape index (κ2) is 7.99. The van der Waals surface area contributed by atoms with Crippen molar-refractivity contribution in [3.05, 3.63) is 24.3 Å². The van der Waals surface area contributed by atoms with Crippen LogP contribution in [0.1, 0.15) is 13.3 Å². The number of thioether (sulfide) groups is 1. The lowest BCUT2D eigenvalue weighted by atomic mass is 10.2. The van der Waals surface area contributed by atoms with E-state index in [1.54, 1.807) is 18.9 Å². The van der Waals surface area contributed by atoms with Gasteiger partial charge in [-0.2, -0.15) is 5.26 Å². The van der Waals surface area contributed by atoms with E-state index in [0.29, 0.717) is 0 Å². The van der Waals surface area contributed by atoms with Crippen LogP contribution in [-0.2, 0) is 0 Å². The number of para-hydroxylation sites is 1. The molecule has 1 aromatic carbocycles. The molecule has 1 N–H and O–H groups in total. The minimum absolute atomic E-state index is 0.0535. The summed E-state index contributed by atoms with van der Waals surface area (Å²) < 4.78 is 5.28. The second-order valence-electron chi connectivity index (χ2n) is 3.53. The van der Waals surface area contributed by atoms with Crippen LogP contribution in [0.2, 0.25) is 0 Å². The predicted molar refractivity (Wildman–Crippen MR) is 71.4 cm³/mol. The average molecular weight is 250 g/mol. The molecular weight excluding hydrogens is 232 g/mol. The van der Waals surface area contributed by atoms with E-state index in [2.05, 4.69) is 11.4 Å². The lowest BCUT2D eigenvalue weighted by Gasteiger charge is -2.10. The van der Waals surface area contributed by atoms with Crippen LogP contribution in [0.3, 0.4) is 0 Å². The summed E-state index contributed by atoms with van der Waals surface area (Å²) in [6.45, 7) is 2.84. The number of nitrogens with zero attached hydrogens (tertiary/aromatic N) is 1. The summed E-state index contributed by atoms with van der Waals surface area (Å²) in [6.07, 6.45) is 0.840.